The molecule has 0 unspecified atom stereocenters. The molecule has 0 radical (unpaired) electrons. The molecule has 0 aromatic heterocycles. The molecule has 0 aliphatic carbocycles. The summed E-state index contributed by atoms with van der Waals surface area (Å²) in [7, 11) is 0. The summed E-state index contributed by atoms with van der Waals surface area (Å²) in [6, 6.07) is 1.98. The maximum absolute atomic E-state index is 11.6. The average molecular weight is 232 g/mol. The number of aryl methyl sites for hydroxylation is 1. The summed E-state index contributed by atoms with van der Waals surface area (Å²) in [6.45, 7) is 11.1. The number of carbonyl (C=O) groups is 2. The lowest BCUT2D eigenvalue weighted by molar-refractivity contribution is -0.126. The summed E-state index contributed by atoms with van der Waals surface area (Å²) >= 11 is 0. The van der Waals surface area contributed by atoms with E-state index in [2.05, 4.69) is 6.92 Å². The molecule has 0 fully saturated rings. The van der Waals surface area contributed by atoms with Gasteiger partial charge in [0.25, 0.3) is 0 Å². The molecule has 0 saturated carbocycles. The third-order valence-corrected chi connectivity index (χ3v) is 3.65. The standard InChI is InChI=1S/C15H20O2/c1-8-7-14(11(4)10(3)9(8)2)15(12(5)16)13(6)17/h7,15H,1-6H3. The van der Waals surface area contributed by atoms with Gasteiger partial charge in [0.2, 0.25) is 0 Å². The third-order valence-electron chi connectivity index (χ3n) is 3.65. The summed E-state index contributed by atoms with van der Waals surface area (Å²) in [5, 5.41) is 0. The summed E-state index contributed by atoms with van der Waals surface area (Å²) in [5.74, 6) is -0.764. The highest BCUT2D eigenvalue weighted by Crippen LogP contribution is 2.28. The molecular weight excluding hydrogens is 212 g/mol. The van der Waals surface area contributed by atoms with Crippen LogP contribution in [-0.2, 0) is 9.59 Å². The van der Waals surface area contributed by atoms with E-state index in [0.717, 1.165) is 16.7 Å². The molecule has 1 aromatic rings. The minimum absolute atomic E-state index is 0.0803. The lowest BCUT2D eigenvalue weighted by Gasteiger charge is -2.18. The zero-order chi connectivity index (χ0) is 13.3. The van der Waals surface area contributed by atoms with Crippen LogP contribution in [0.4, 0.5) is 0 Å². The largest absolute Gasteiger partial charge is 0.299 e. The first-order valence-corrected chi connectivity index (χ1v) is 5.85. The zero-order valence-corrected chi connectivity index (χ0v) is 11.5. The molecule has 0 N–H and O–H groups in total. The Morgan fingerprint density at radius 1 is 0.882 bits per heavy atom. The fourth-order valence-electron chi connectivity index (χ4n) is 2.27. The molecule has 1 aromatic carbocycles. The number of Topliss-reactive ketones (excluding diaryl/α,β-unsaturated/α-hetero) is 2. The van der Waals surface area contributed by atoms with Gasteiger partial charge in [-0.25, -0.2) is 0 Å². The second-order valence-corrected chi connectivity index (χ2v) is 4.81. The monoisotopic (exact) mass is 232 g/mol. The van der Waals surface area contributed by atoms with Crippen LogP contribution in [0, 0.1) is 27.7 Å². The molecule has 17 heavy (non-hydrogen) atoms. The van der Waals surface area contributed by atoms with Crippen LogP contribution in [0.15, 0.2) is 6.07 Å². The van der Waals surface area contributed by atoms with E-state index in [1.807, 2.05) is 26.8 Å². The van der Waals surface area contributed by atoms with Gasteiger partial charge in [0.15, 0.2) is 0 Å². The Morgan fingerprint density at radius 3 is 1.76 bits per heavy atom. The lowest BCUT2D eigenvalue weighted by atomic mass is 9.84. The Kier molecular flexibility index (Phi) is 3.87. The normalized spacial score (nSPS) is 10.8. The van der Waals surface area contributed by atoms with Crippen LogP contribution in [0.1, 0.15) is 47.6 Å². The quantitative estimate of drug-likeness (QED) is 0.750. The summed E-state index contributed by atoms with van der Waals surface area (Å²) in [5.41, 5.74) is 5.47. The van der Waals surface area contributed by atoms with Crippen molar-refractivity contribution in [2.75, 3.05) is 0 Å². The third kappa shape index (κ3) is 2.46. The maximum Gasteiger partial charge on any atom is 0.144 e. The van der Waals surface area contributed by atoms with E-state index in [0.29, 0.717) is 0 Å². The number of carbonyl (C=O) groups excluding carboxylic acids is 2. The van der Waals surface area contributed by atoms with Crippen LogP contribution in [-0.4, -0.2) is 11.6 Å². The number of ketones is 2. The van der Waals surface area contributed by atoms with Gasteiger partial charge in [0.1, 0.15) is 17.5 Å². The van der Waals surface area contributed by atoms with Crippen molar-refractivity contribution in [3.63, 3.8) is 0 Å². The van der Waals surface area contributed by atoms with Crippen LogP contribution >= 0.6 is 0 Å². The smallest absolute Gasteiger partial charge is 0.144 e. The zero-order valence-electron chi connectivity index (χ0n) is 11.5. The Bertz CT molecular complexity index is 470. The molecule has 0 heterocycles. The minimum Gasteiger partial charge on any atom is -0.299 e. The molecule has 0 aliphatic rings. The Morgan fingerprint density at radius 2 is 1.35 bits per heavy atom. The van der Waals surface area contributed by atoms with Crippen molar-refractivity contribution in [3.8, 4) is 0 Å². The number of rotatable bonds is 3. The molecule has 0 bridgehead atoms. The van der Waals surface area contributed by atoms with Gasteiger partial charge in [-0.3, -0.25) is 9.59 Å². The Labute approximate surface area is 103 Å². The van der Waals surface area contributed by atoms with Gasteiger partial charge >= 0.3 is 0 Å². The van der Waals surface area contributed by atoms with E-state index in [4.69, 9.17) is 0 Å². The predicted molar refractivity (Wildman–Crippen MR) is 69.5 cm³/mol. The first-order valence-electron chi connectivity index (χ1n) is 5.85. The van der Waals surface area contributed by atoms with Gasteiger partial charge in [-0.15, -0.1) is 0 Å². The van der Waals surface area contributed by atoms with E-state index in [9.17, 15) is 9.59 Å². The summed E-state index contributed by atoms with van der Waals surface area (Å²) in [4.78, 5) is 23.2. The Hall–Kier alpha value is -1.44. The van der Waals surface area contributed by atoms with Crippen LogP contribution in [0.3, 0.4) is 0 Å². The number of benzene rings is 1. The molecule has 0 saturated heterocycles. The van der Waals surface area contributed by atoms with Crippen molar-refractivity contribution >= 4 is 11.6 Å². The van der Waals surface area contributed by atoms with Gasteiger partial charge < -0.3 is 0 Å². The van der Waals surface area contributed by atoms with Gasteiger partial charge in [0.05, 0.1) is 0 Å². The summed E-state index contributed by atoms with van der Waals surface area (Å²) < 4.78 is 0. The topological polar surface area (TPSA) is 34.1 Å². The fourth-order valence-corrected chi connectivity index (χ4v) is 2.27. The first kappa shape index (κ1) is 13.6. The highest BCUT2D eigenvalue weighted by Gasteiger charge is 2.24. The molecule has 0 atom stereocenters. The van der Waals surface area contributed by atoms with E-state index in [1.165, 1.54) is 25.0 Å². The van der Waals surface area contributed by atoms with Gasteiger partial charge in [0, 0.05) is 0 Å². The van der Waals surface area contributed by atoms with Crippen LogP contribution in [0.25, 0.3) is 0 Å². The van der Waals surface area contributed by atoms with Gasteiger partial charge in [-0.2, -0.15) is 0 Å². The van der Waals surface area contributed by atoms with Crippen molar-refractivity contribution in [2.24, 2.45) is 0 Å². The number of hydrogen-bond donors (Lipinski definition) is 0. The second-order valence-electron chi connectivity index (χ2n) is 4.81. The highest BCUT2D eigenvalue weighted by atomic mass is 16.1. The summed E-state index contributed by atoms with van der Waals surface area (Å²) in [6.07, 6.45) is 0. The Balaban J connectivity index is 3.50. The number of hydrogen-bond acceptors (Lipinski definition) is 2. The van der Waals surface area contributed by atoms with Crippen LogP contribution in [0.2, 0.25) is 0 Å². The molecule has 2 heteroatoms. The van der Waals surface area contributed by atoms with E-state index in [-0.39, 0.29) is 11.6 Å². The first-order chi connectivity index (χ1) is 7.77. The van der Waals surface area contributed by atoms with Crippen molar-refractivity contribution in [3.05, 3.63) is 33.9 Å². The van der Waals surface area contributed by atoms with Crippen molar-refractivity contribution < 1.29 is 9.59 Å². The molecule has 92 valence electrons. The fraction of sp³-hybridized carbons (Fsp3) is 0.467. The molecule has 0 spiro atoms. The van der Waals surface area contributed by atoms with Gasteiger partial charge in [-0.1, -0.05) is 6.07 Å². The van der Waals surface area contributed by atoms with Crippen molar-refractivity contribution in [2.45, 2.75) is 47.5 Å². The molecule has 0 aliphatic heterocycles. The van der Waals surface area contributed by atoms with E-state index in [1.54, 1.807) is 0 Å². The van der Waals surface area contributed by atoms with Crippen LogP contribution in [0.5, 0.6) is 0 Å². The molecule has 0 amide bonds. The van der Waals surface area contributed by atoms with E-state index >= 15 is 0 Å². The van der Waals surface area contributed by atoms with Gasteiger partial charge in [-0.05, 0) is 69.4 Å². The molecule has 1 rings (SSSR count). The SMILES string of the molecule is CC(=O)C(C(C)=O)c1cc(C)c(C)c(C)c1C. The molecular formula is C15H20O2. The van der Waals surface area contributed by atoms with Crippen molar-refractivity contribution in [1.29, 1.82) is 0 Å². The minimum atomic E-state index is -0.604. The van der Waals surface area contributed by atoms with Crippen LogP contribution < -0.4 is 0 Å². The lowest BCUT2D eigenvalue weighted by Crippen LogP contribution is -2.19. The van der Waals surface area contributed by atoms with Crippen molar-refractivity contribution in [1.82, 2.24) is 0 Å². The highest BCUT2D eigenvalue weighted by molar-refractivity contribution is 6.06. The molecule has 2 nitrogen and oxygen atoms in total. The predicted octanol–water partition coefficient (Wildman–Crippen LogP) is 3.18. The second kappa shape index (κ2) is 4.82. The van der Waals surface area contributed by atoms with E-state index < -0.39 is 5.92 Å². The average Bonchev–Trinajstić information content (AvgIpc) is 2.21. The maximum atomic E-state index is 11.6.